The van der Waals surface area contributed by atoms with Crippen molar-refractivity contribution in [3.05, 3.63) is 16.2 Å². The van der Waals surface area contributed by atoms with Gasteiger partial charge in [0.25, 0.3) is 0 Å². The Balaban J connectivity index is 0.000000253. The molecule has 2 aromatic heterocycles. The number of aliphatic hydroxyl groups excluding tert-OH is 1. The smallest absolute Gasteiger partial charge is 0.220 e. The van der Waals surface area contributed by atoms with Crippen molar-refractivity contribution >= 4 is 28.9 Å². The number of hydrogen-bond acceptors (Lipinski definition) is 9. The summed E-state index contributed by atoms with van der Waals surface area (Å²) in [6.45, 7) is 3.57. The number of piperidine rings is 1. The lowest BCUT2D eigenvalue weighted by atomic mass is 9.98. The Labute approximate surface area is 167 Å². The fourth-order valence-corrected chi connectivity index (χ4v) is 4.26. The highest BCUT2D eigenvalue weighted by Gasteiger charge is 2.23. The van der Waals surface area contributed by atoms with Gasteiger partial charge in [-0.25, -0.2) is 9.97 Å². The zero-order valence-electron chi connectivity index (χ0n) is 15.3. The number of rotatable bonds is 2. The van der Waals surface area contributed by atoms with Crippen LogP contribution in [0, 0.1) is 0 Å². The molecular weight excluding hydrogens is 388 g/mol. The van der Waals surface area contributed by atoms with E-state index in [-0.39, 0.29) is 12.1 Å². The van der Waals surface area contributed by atoms with Gasteiger partial charge in [0.15, 0.2) is 5.01 Å². The lowest BCUT2D eigenvalue weighted by Gasteiger charge is -2.27. The molecule has 10 heteroatoms. The number of likely N-dealkylation sites (tertiary alicyclic amines) is 1. The van der Waals surface area contributed by atoms with Crippen molar-refractivity contribution in [2.45, 2.75) is 37.7 Å². The minimum atomic E-state index is -0.186. The molecule has 148 valence electrons. The third kappa shape index (κ3) is 5.79. The first-order valence-electron chi connectivity index (χ1n) is 9.09. The molecule has 27 heavy (non-hydrogen) atoms. The third-order valence-electron chi connectivity index (χ3n) is 4.61. The predicted molar refractivity (Wildman–Crippen MR) is 106 cm³/mol. The number of aliphatic hydroxyl groups is 1. The molecule has 2 aliphatic heterocycles. The maximum atomic E-state index is 8.78. The minimum absolute atomic E-state index is 0.186. The summed E-state index contributed by atoms with van der Waals surface area (Å²) in [4.78, 5) is 10.3. The van der Waals surface area contributed by atoms with Crippen molar-refractivity contribution in [1.82, 2.24) is 25.1 Å². The molecule has 4 rings (SSSR count). The molecule has 2 fully saturated rings. The first-order chi connectivity index (χ1) is 13.0. The molecule has 0 aliphatic carbocycles. The van der Waals surface area contributed by atoms with Crippen LogP contribution in [0.2, 0.25) is 5.02 Å². The van der Waals surface area contributed by atoms with Gasteiger partial charge in [0.05, 0.1) is 23.9 Å². The van der Waals surface area contributed by atoms with Crippen LogP contribution in [0.25, 0.3) is 10.7 Å². The zero-order valence-corrected chi connectivity index (χ0v) is 16.9. The molecule has 0 spiro atoms. The zero-order chi connectivity index (χ0) is 19.2. The van der Waals surface area contributed by atoms with E-state index in [1.165, 1.54) is 6.20 Å². The van der Waals surface area contributed by atoms with Crippen LogP contribution in [0.3, 0.4) is 0 Å². The summed E-state index contributed by atoms with van der Waals surface area (Å²) in [7, 11) is 2.14. The molecule has 2 aliphatic rings. The monoisotopic (exact) mass is 412 g/mol. The summed E-state index contributed by atoms with van der Waals surface area (Å²) in [5.74, 6) is 0.677. The van der Waals surface area contributed by atoms with E-state index in [0.717, 1.165) is 50.4 Å². The highest BCUT2D eigenvalue weighted by atomic mass is 35.5. The van der Waals surface area contributed by atoms with Crippen molar-refractivity contribution in [2.24, 2.45) is 0 Å². The van der Waals surface area contributed by atoms with Crippen molar-refractivity contribution in [2.75, 3.05) is 39.1 Å². The summed E-state index contributed by atoms with van der Waals surface area (Å²) in [6.07, 6.45) is 5.47. The molecule has 2 aromatic rings. The van der Waals surface area contributed by atoms with Crippen LogP contribution in [0.5, 0.6) is 0 Å². The lowest BCUT2D eigenvalue weighted by Crippen LogP contribution is -2.29. The van der Waals surface area contributed by atoms with Gasteiger partial charge in [-0.15, -0.1) is 10.2 Å². The first kappa shape index (κ1) is 20.3. The molecule has 3 N–H and O–H groups in total. The van der Waals surface area contributed by atoms with E-state index in [9.17, 15) is 0 Å². The van der Waals surface area contributed by atoms with Gasteiger partial charge in [0, 0.05) is 12.5 Å². The van der Waals surface area contributed by atoms with Gasteiger partial charge in [-0.3, -0.25) is 0 Å². The second kappa shape index (κ2) is 9.70. The minimum Gasteiger partial charge on any atom is -0.391 e. The SMILES string of the molecule is CN1CCC(c2nnc(-c3nc(N)ncc3Cl)s2)CC1.OC1CCCOC1. The molecule has 0 amide bonds. The molecular formula is C17H25ClN6O2S. The molecule has 0 saturated carbocycles. The Morgan fingerprint density at radius 3 is 2.70 bits per heavy atom. The van der Waals surface area contributed by atoms with E-state index in [0.29, 0.717) is 28.2 Å². The van der Waals surface area contributed by atoms with E-state index in [4.69, 9.17) is 27.2 Å². The van der Waals surface area contributed by atoms with Gasteiger partial charge in [-0.05, 0) is 45.8 Å². The Morgan fingerprint density at radius 2 is 2.07 bits per heavy atom. The van der Waals surface area contributed by atoms with E-state index >= 15 is 0 Å². The Morgan fingerprint density at radius 1 is 1.30 bits per heavy atom. The number of nitrogens with zero attached hydrogens (tertiary/aromatic N) is 5. The van der Waals surface area contributed by atoms with E-state index < -0.39 is 0 Å². The number of aromatic nitrogens is 4. The molecule has 4 heterocycles. The highest BCUT2D eigenvalue weighted by molar-refractivity contribution is 7.14. The van der Waals surface area contributed by atoms with Gasteiger partial charge in [0.2, 0.25) is 5.95 Å². The van der Waals surface area contributed by atoms with Crippen LogP contribution in [-0.2, 0) is 4.74 Å². The number of hydrogen-bond donors (Lipinski definition) is 2. The third-order valence-corrected chi connectivity index (χ3v) is 5.98. The Bertz CT molecular complexity index is 732. The summed E-state index contributed by atoms with van der Waals surface area (Å²) in [6, 6.07) is 0. The second-order valence-electron chi connectivity index (χ2n) is 6.82. The summed E-state index contributed by atoms with van der Waals surface area (Å²) < 4.78 is 4.93. The van der Waals surface area contributed by atoms with Crippen molar-refractivity contribution in [1.29, 1.82) is 0 Å². The Hall–Kier alpha value is -1.39. The van der Waals surface area contributed by atoms with E-state index in [2.05, 4.69) is 32.1 Å². The van der Waals surface area contributed by atoms with Crippen LogP contribution in [0.15, 0.2) is 6.20 Å². The van der Waals surface area contributed by atoms with Crippen molar-refractivity contribution in [3.8, 4) is 10.7 Å². The maximum absolute atomic E-state index is 8.78. The second-order valence-corrected chi connectivity index (χ2v) is 8.24. The highest BCUT2D eigenvalue weighted by Crippen LogP contribution is 2.34. The fraction of sp³-hybridized carbons (Fsp3) is 0.647. The Kier molecular flexibility index (Phi) is 7.31. The molecule has 1 unspecified atom stereocenters. The normalized spacial score (nSPS) is 21.5. The molecule has 2 saturated heterocycles. The van der Waals surface area contributed by atoms with Gasteiger partial charge in [-0.2, -0.15) is 0 Å². The first-order valence-corrected chi connectivity index (χ1v) is 10.3. The van der Waals surface area contributed by atoms with E-state index in [1.54, 1.807) is 11.3 Å². The lowest BCUT2D eigenvalue weighted by molar-refractivity contribution is -0.00535. The molecule has 8 nitrogen and oxygen atoms in total. The molecule has 0 aromatic carbocycles. The average Bonchev–Trinajstić information content (AvgIpc) is 3.15. The molecule has 0 radical (unpaired) electrons. The topological polar surface area (TPSA) is 110 Å². The number of anilines is 1. The molecule has 0 bridgehead atoms. The van der Waals surface area contributed by atoms with Gasteiger partial charge in [-0.1, -0.05) is 22.9 Å². The van der Waals surface area contributed by atoms with Crippen LogP contribution < -0.4 is 5.73 Å². The molecule has 1 atom stereocenters. The number of nitrogens with two attached hydrogens (primary N) is 1. The number of ether oxygens (including phenoxy) is 1. The largest absolute Gasteiger partial charge is 0.391 e. The van der Waals surface area contributed by atoms with Gasteiger partial charge in [0.1, 0.15) is 10.7 Å². The maximum Gasteiger partial charge on any atom is 0.220 e. The van der Waals surface area contributed by atoms with Crippen LogP contribution >= 0.6 is 22.9 Å². The van der Waals surface area contributed by atoms with Crippen LogP contribution in [-0.4, -0.2) is 69.6 Å². The summed E-state index contributed by atoms with van der Waals surface area (Å²) >= 11 is 7.64. The summed E-state index contributed by atoms with van der Waals surface area (Å²) in [5, 5.41) is 19.5. The fourth-order valence-electron chi connectivity index (χ4n) is 3.01. The van der Waals surface area contributed by atoms with Crippen molar-refractivity contribution < 1.29 is 9.84 Å². The quantitative estimate of drug-likeness (QED) is 0.772. The summed E-state index contributed by atoms with van der Waals surface area (Å²) in [5.41, 5.74) is 6.17. The standard InChI is InChI=1S/C12H15ClN6S.C5H10O2/c1-19-4-2-7(3-5-19)10-17-18-11(20-10)9-8(13)6-15-12(14)16-9;6-5-2-1-3-7-4-5/h6-7H,2-5H2,1H3,(H2,14,15,16);5-6H,1-4H2. The number of halogens is 1. The predicted octanol–water partition coefficient (Wildman–Crippen LogP) is 2.20. The van der Waals surface area contributed by atoms with Gasteiger partial charge >= 0.3 is 0 Å². The average molecular weight is 413 g/mol. The van der Waals surface area contributed by atoms with Gasteiger partial charge < -0.3 is 20.5 Å². The van der Waals surface area contributed by atoms with Crippen LogP contribution in [0.1, 0.15) is 36.6 Å². The number of nitrogen functional groups attached to an aromatic ring is 1. The van der Waals surface area contributed by atoms with Crippen LogP contribution in [0.4, 0.5) is 5.95 Å². The van der Waals surface area contributed by atoms with Crippen molar-refractivity contribution in [3.63, 3.8) is 0 Å². The van der Waals surface area contributed by atoms with E-state index in [1.807, 2.05) is 0 Å².